The average molecular weight is 780 g/mol. The van der Waals surface area contributed by atoms with Crippen molar-refractivity contribution in [3.63, 3.8) is 0 Å². The molecule has 0 spiro atoms. The molecule has 9 aromatic carbocycles. The molecule has 0 N–H and O–H groups in total. The summed E-state index contributed by atoms with van der Waals surface area (Å²) >= 11 is 0. The third kappa shape index (κ3) is 5.12. The van der Waals surface area contributed by atoms with E-state index in [4.69, 9.17) is 19.4 Å². The molecule has 6 heteroatoms. The van der Waals surface area contributed by atoms with Crippen LogP contribution in [0.1, 0.15) is 0 Å². The molecule has 13 rings (SSSR count). The minimum Gasteiger partial charge on any atom is -0.456 e. The van der Waals surface area contributed by atoms with Gasteiger partial charge in [-0.2, -0.15) is 0 Å². The molecular formula is C55H33N5O. The lowest BCUT2D eigenvalue weighted by Gasteiger charge is -2.16. The zero-order valence-corrected chi connectivity index (χ0v) is 32.7. The van der Waals surface area contributed by atoms with Crippen molar-refractivity contribution in [1.29, 1.82) is 0 Å². The predicted molar refractivity (Wildman–Crippen MR) is 250 cm³/mol. The minimum absolute atomic E-state index is 0.567. The Hall–Kier alpha value is -8.35. The third-order valence-corrected chi connectivity index (χ3v) is 12.1. The van der Waals surface area contributed by atoms with Gasteiger partial charge in [-0.1, -0.05) is 140 Å². The van der Waals surface area contributed by atoms with Crippen molar-refractivity contribution in [3.8, 4) is 45.5 Å². The van der Waals surface area contributed by atoms with Crippen LogP contribution in [0.4, 0.5) is 0 Å². The summed E-state index contributed by atoms with van der Waals surface area (Å²) in [5.41, 5.74) is 10.6. The Morgan fingerprint density at radius 2 is 0.934 bits per heavy atom. The highest BCUT2D eigenvalue weighted by Gasteiger charge is 2.24. The van der Waals surface area contributed by atoms with Crippen LogP contribution in [0.5, 0.6) is 0 Å². The zero-order valence-electron chi connectivity index (χ0n) is 32.7. The number of nitrogens with zero attached hydrogens (tertiary/aromatic N) is 5. The monoisotopic (exact) mass is 779 g/mol. The molecular weight excluding hydrogens is 747 g/mol. The Labute approximate surface area is 349 Å². The highest BCUT2D eigenvalue weighted by atomic mass is 16.3. The number of rotatable bonds is 5. The van der Waals surface area contributed by atoms with Crippen LogP contribution in [0.3, 0.4) is 0 Å². The summed E-state index contributed by atoms with van der Waals surface area (Å²) in [5.74, 6) is 1.75. The van der Waals surface area contributed by atoms with Crippen LogP contribution in [-0.2, 0) is 0 Å². The average Bonchev–Trinajstić information content (AvgIpc) is 3.98. The van der Waals surface area contributed by atoms with E-state index in [1.165, 1.54) is 26.9 Å². The molecule has 0 saturated carbocycles. The van der Waals surface area contributed by atoms with E-state index in [9.17, 15) is 0 Å². The number of furan rings is 1. The summed E-state index contributed by atoms with van der Waals surface area (Å²) in [6, 6.07) is 70.2. The first-order valence-electron chi connectivity index (χ1n) is 20.5. The van der Waals surface area contributed by atoms with E-state index >= 15 is 0 Å². The second-order valence-corrected chi connectivity index (χ2v) is 15.6. The van der Waals surface area contributed by atoms with E-state index < -0.39 is 0 Å². The van der Waals surface area contributed by atoms with E-state index in [0.29, 0.717) is 17.5 Å². The molecule has 0 atom stereocenters. The van der Waals surface area contributed by atoms with Gasteiger partial charge in [0.1, 0.15) is 11.2 Å². The number of fused-ring (bicyclic) bond motifs is 10. The van der Waals surface area contributed by atoms with Crippen LogP contribution in [0.25, 0.3) is 122 Å². The lowest BCUT2D eigenvalue weighted by molar-refractivity contribution is 0.668. The molecule has 0 radical (unpaired) electrons. The fraction of sp³-hybridized carbons (Fsp3) is 0. The number of hydrogen-bond acceptors (Lipinski definition) is 4. The fourth-order valence-corrected chi connectivity index (χ4v) is 9.42. The molecule has 284 valence electrons. The van der Waals surface area contributed by atoms with Crippen LogP contribution < -0.4 is 0 Å². The van der Waals surface area contributed by atoms with Gasteiger partial charge in [-0.05, 0) is 65.4 Å². The molecule has 61 heavy (non-hydrogen) atoms. The van der Waals surface area contributed by atoms with Crippen molar-refractivity contribution in [2.75, 3.05) is 0 Å². The highest BCUT2D eigenvalue weighted by Crippen LogP contribution is 2.43. The second kappa shape index (κ2) is 13.1. The Morgan fingerprint density at radius 1 is 0.344 bits per heavy atom. The predicted octanol–water partition coefficient (Wildman–Crippen LogP) is 14.1. The van der Waals surface area contributed by atoms with Crippen LogP contribution in [0.2, 0.25) is 0 Å². The molecule has 0 fully saturated rings. The van der Waals surface area contributed by atoms with Crippen molar-refractivity contribution in [3.05, 3.63) is 200 Å². The largest absolute Gasteiger partial charge is 0.456 e. The number of aromatic nitrogens is 5. The molecule has 13 aromatic rings. The van der Waals surface area contributed by atoms with E-state index in [1.807, 2.05) is 30.3 Å². The van der Waals surface area contributed by atoms with Gasteiger partial charge in [-0.15, -0.1) is 0 Å². The molecule has 0 aliphatic heterocycles. The normalized spacial score (nSPS) is 11.9. The number of hydrogen-bond donors (Lipinski definition) is 0. The van der Waals surface area contributed by atoms with Gasteiger partial charge in [0, 0.05) is 60.8 Å². The van der Waals surface area contributed by atoms with Gasteiger partial charge in [0.2, 0.25) is 0 Å². The Balaban J connectivity index is 1.16. The standard InChI is InChI=1S/C55H33N5O/c1-3-16-34(17-4-1)53-56-54(42-26-15-25-41-38-22-9-12-27-46(38)59(52(41)42)37-20-5-2-6-21-37)58-55(57-53)45-32-44-40-24-11-14-29-50(40)61-51(44)33-49(45)60-47-28-13-10-23-39(47)43-30-35-18-7-8-19-36(35)31-48(43)60/h1-33H. The third-order valence-electron chi connectivity index (χ3n) is 12.1. The molecule has 4 aromatic heterocycles. The highest BCUT2D eigenvalue weighted by molar-refractivity contribution is 6.16. The maximum atomic E-state index is 6.63. The zero-order chi connectivity index (χ0) is 40.0. The summed E-state index contributed by atoms with van der Waals surface area (Å²) in [7, 11) is 0. The molecule has 4 heterocycles. The van der Waals surface area contributed by atoms with E-state index in [1.54, 1.807) is 0 Å². The molecule has 0 bridgehead atoms. The fourth-order valence-electron chi connectivity index (χ4n) is 9.42. The first-order chi connectivity index (χ1) is 30.2. The topological polar surface area (TPSA) is 61.7 Å². The van der Waals surface area contributed by atoms with Gasteiger partial charge < -0.3 is 13.6 Å². The van der Waals surface area contributed by atoms with Crippen LogP contribution >= 0.6 is 0 Å². The molecule has 0 aliphatic carbocycles. The summed E-state index contributed by atoms with van der Waals surface area (Å²) in [4.78, 5) is 16.2. The number of para-hydroxylation sites is 5. The van der Waals surface area contributed by atoms with Gasteiger partial charge in [-0.25, -0.2) is 15.0 Å². The van der Waals surface area contributed by atoms with Crippen molar-refractivity contribution >= 4 is 76.3 Å². The van der Waals surface area contributed by atoms with Crippen LogP contribution in [-0.4, -0.2) is 24.1 Å². The maximum absolute atomic E-state index is 6.63. The molecule has 0 saturated heterocycles. The van der Waals surface area contributed by atoms with Crippen molar-refractivity contribution in [1.82, 2.24) is 24.1 Å². The van der Waals surface area contributed by atoms with E-state index in [2.05, 4.69) is 179 Å². The summed E-state index contributed by atoms with van der Waals surface area (Å²) in [6.45, 7) is 0. The molecule has 0 unspecified atom stereocenters. The maximum Gasteiger partial charge on any atom is 0.166 e. The quantitative estimate of drug-likeness (QED) is 0.175. The van der Waals surface area contributed by atoms with Gasteiger partial charge in [-0.3, -0.25) is 0 Å². The first kappa shape index (κ1) is 33.6. The van der Waals surface area contributed by atoms with Crippen LogP contribution in [0, 0.1) is 0 Å². The van der Waals surface area contributed by atoms with Crippen molar-refractivity contribution in [2.45, 2.75) is 0 Å². The second-order valence-electron chi connectivity index (χ2n) is 15.6. The van der Waals surface area contributed by atoms with E-state index in [-0.39, 0.29) is 0 Å². The van der Waals surface area contributed by atoms with Crippen LogP contribution in [0.15, 0.2) is 205 Å². The minimum atomic E-state index is 0.567. The lowest BCUT2D eigenvalue weighted by atomic mass is 10.0. The summed E-state index contributed by atoms with van der Waals surface area (Å²) < 4.78 is 11.3. The molecule has 0 amide bonds. The summed E-state index contributed by atoms with van der Waals surface area (Å²) in [5, 5.41) is 9.03. The van der Waals surface area contributed by atoms with Gasteiger partial charge in [0.05, 0.1) is 27.8 Å². The van der Waals surface area contributed by atoms with Gasteiger partial charge in [0.15, 0.2) is 17.5 Å². The SMILES string of the molecule is c1ccc(-c2nc(-c3cc4c(cc3-n3c5ccccc5c5cc6ccccc6cc53)oc3ccccc34)nc(-c3cccc4c5ccccc5n(-c5ccccc5)c34)n2)cc1. The van der Waals surface area contributed by atoms with Crippen molar-refractivity contribution < 1.29 is 4.42 Å². The van der Waals surface area contributed by atoms with Gasteiger partial charge >= 0.3 is 0 Å². The first-order valence-corrected chi connectivity index (χ1v) is 20.5. The Kier molecular flexibility index (Phi) is 7.21. The van der Waals surface area contributed by atoms with E-state index in [0.717, 1.165) is 77.5 Å². The van der Waals surface area contributed by atoms with Gasteiger partial charge in [0.25, 0.3) is 0 Å². The molecule has 0 aliphatic rings. The number of benzene rings is 9. The Morgan fingerprint density at radius 3 is 1.72 bits per heavy atom. The van der Waals surface area contributed by atoms with Crippen molar-refractivity contribution in [2.24, 2.45) is 0 Å². The summed E-state index contributed by atoms with van der Waals surface area (Å²) in [6.07, 6.45) is 0. The lowest BCUT2D eigenvalue weighted by Crippen LogP contribution is -2.04. The Bertz CT molecular complexity index is 3880. The molecule has 6 nitrogen and oxygen atoms in total. The smallest absolute Gasteiger partial charge is 0.166 e.